The van der Waals surface area contributed by atoms with E-state index < -0.39 is 0 Å². The van der Waals surface area contributed by atoms with Crippen LogP contribution in [0, 0.1) is 6.92 Å². The molecule has 0 amide bonds. The van der Waals surface area contributed by atoms with Gasteiger partial charge < -0.3 is 0 Å². The highest BCUT2D eigenvalue weighted by molar-refractivity contribution is 7.10. The molecule has 0 aliphatic carbocycles. The van der Waals surface area contributed by atoms with Crippen LogP contribution in [0.3, 0.4) is 0 Å². The molecule has 3 heteroatoms. The van der Waals surface area contributed by atoms with Crippen molar-refractivity contribution in [1.82, 2.24) is 4.90 Å². The summed E-state index contributed by atoms with van der Waals surface area (Å²) in [6, 6.07) is 10.0. The van der Waals surface area contributed by atoms with E-state index in [4.69, 9.17) is 0 Å². The second kappa shape index (κ2) is 5.27. The van der Waals surface area contributed by atoms with Crippen molar-refractivity contribution >= 4 is 17.1 Å². The van der Waals surface area contributed by atoms with Crippen LogP contribution in [0.1, 0.15) is 26.4 Å². The molecule has 3 rings (SSSR count). The largest absolute Gasteiger partial charge is 0.293 e. The Balaban J connectivity index is 1.68. The quantitative estimate of drug-likeness (QED) is 0.798. The van der Waals surface area contributed by atoms with Crippen LogP contribution in [0.4, 0.5) is 0 Å². The van der Waals surface area contributed by atoms with E-state index in [1.54, 1.807) is 0 Å². The molecule has 1 aromatic heterocycles. The number of thiophene rings is 1. The fourth-order valence-electron chi connectivity index (χ4n) is 2.55. The van der Waals surface area contributed by atoms with E-state index in [1.165, 1.54) is 10.4 Å². The van der Waals surface area contributed by atoms with E-state index in [9.17, 15) is 4.79 Å². The summed E-state index contributed by atoms with van der Waals surface area (Å²) in [6.45, 7) is 4.45. The molecule has 0 saturated carbocycles. The molecule has 2 aromatic rings. The third-order valence-electron chi connectivity index (χ3n) is 3.59. The number of ketones is 1. The minimum atomic E-state index is 0.224. The van der Waals surface area contributed by atoms with Crippen LogP contribution < -0.4 is 0 Å². The molecule has 1 aliphatic heterocycles. The number of hydrogen-bond acceptors (Lipinski definition) is 3. The van der Waals surface area contributed by atoms with Gasteiger partial charge in [-0.2, -0.15) is 0 Å². The third-order valence-corrected chi connectivity index (χ3v) is 4.62. The number of nitrogens with zero attached hydrogens (tertiary/aromatic N) is 1. The lowest BCUT2D eigenvalue weighted by Gasteiger charge is -2.26. The topological polar surface area (TPSA) is 20.3 Å². The lowest BCUT2D eigenvalue weighted by atomic mass is 10.1. The lowest BCUT2D eigenvalue weighted by Crippen LogP contribution is -2.34. The van der Waals surface area contributed by atoms with Gasteiger partial charge in [-0.3, -0.25) is 9.69 Å². The van der Waals surface area contributed by atoms with Gasteiger partial charge in [0.2, 0.25) is 0 Å². The van der Waals surface area contributed by atoms with Crippen molar-refractivity contribution in [2.75, 3.05) is 13.1 Å². The number of Topliss-reactive ketones (excluding diaryl/α,β-unsaturated/α-hetero) is 1. The first-order chi connectivity index (χ1) is 9.22. The summed E-state index contributed by atoms with van der Waals surface area (Å²) in [7, 11) is 0. The highest BCUT2D eigenvalue weighted by Gasteiger charge is 2.19. The van der Waals surface area contributed by atoms with E-state index in [0.717, 1.165) is 30.6 Å². The van der Waals surface area contributed by atoms with Gasteiger partial charge in [0.25, 0.3) is 0 Å². The van der Waals surface area contributed by atoms with E-state index in [-0.39, 0.29) is 5.78 Å². The maximum absolute atomic E-state index is 12.3. The Morgan fingerprint density at radius 1 is 1.37 bits per heavy atom. The highest BCUT2D eigenvalue weighted by atomic mass is 32.1. The summed E-state index contributed by atoms with van der Waals surface area (Å²) in [6.07, 6.45) is 1.08. The highest BCUT2D eigenvalue weighted by Crippen LogP contribution is 2.24. The van der Waals surface area contributed by atoms with Crippen LogP contribution in [0.15, 0.2) is 35.7 Å². The Labute approximate surface area is 117 Å². The van der Waals surface area contributed by atoms with Crippen molar-refractivity contribution in [2.45, 2.75) is 19.9 Å². The molecule has 2 heterocycles. The number of benzene rings is 1. The van der Waals surface area contributed by atoms with Crippen LogP contribution in [0.2, 0.25) is 0 Å². The van der Waals surface area contributed by atoms with E-state index >= 15 is 0 Å². The van der Waals surface area contributed by atoms with Gasteiger partial charge in [-0.15, -0.1) is 11.3 Å². The molecule has 0 atom stereocenters. The molecular weight excluding hydrogens is 254 g/mol. The fourth-order valence-corrected chi connectivity index (χ4v) is 3.44. The summed E-state index contributed by atoms with van der Waals surface area (Å²) < 4.78 is 0. The van der Waals surface area contributed by atoms with Gasteiger partial charge in [-0.05, 0) is 36.4 Å². The Hall–Kier alpha value is -1.45. The Bertz CT molecular complexity index is 602. The predicted molar refractivity (Wildman–Crippen MR) is 78.8 cm³/mol. The number of carbonyl (C=O) groups excluding carboxylic acids is 1. The maximum atomic E-state index is 12.3. The molecule has 1 aromatic carbocycles. The van der Waals surface area contributed by atoms with Gasteiger partial charge >= 0.3 is 0 Å². The number of rotatable bonds is 3. The predicted octanol–water partition coefficient (Wildman–Crippen LogP) is 3.30. The van der Waals surface area contributed by atoms with Crippen LogP contribution in [-0.4, -0.2) is 23.8 Å². The van der Waals surface area contributed by atoms with E-state index in [2.05, 4.69) is 16.3 Å². The molecule has 0 unspecified atom stereocenters. The summed E-state index contributed by atoms with van der Waals surface area (Å²) in [5.74, 6) is 0.224. The van der Waals surface area contributed by atoms with Crippen molar-refractivity contribution < 1.29 is 4.79 Å². The molecule has 1 aliphatic rings. The monoisotopic (exact) mass is 271 g/mol. The minimum absolute atomic E-state index is 0.224. The first-order valence-corrected chi connectivity index (χ1v) is 7.48. The average Bonchev–Trinajstić information content (AvgIpc) is 2.86. The zero-order valence-corrected chi connectivity index (χ0v) is 11.9. The van der Waals surface area contributed by atoms with Gasteiger partial charge in [-0.1, -0.05) is 23.8 Å². The molecule has 0 spiro atoms. The van der Waals surface area contributed by atoms with E-state index in [0.29, 0.717) is 6.54 Å². The third kappa shape index (κ3) is 2.77. The molecule has 0 fully saturated rings. The number of carbonyl (C=O) groups is 1. The SMILES string of the molecule is Cc1cccc(C(=O)CN2CCc3sccc3C2)c1. The smallest absolute Gasteiger partial charge is 0.176 e. The second-order valence-electron chi connectivity index (χ2n) is 5.12. The summed E-state index contributed by atoms with van der Waals surface area (Å²) in [4.78, 5) is 16.0. The van der Waals surface area contributed by atoms with E-state index in [1.807, 2.05) is 42.5 Å². The minimum Gasteiger partial charge on any atom is -0.293 e. The lowest BCUT2D eigenvalue weighted by molar-refractivity contribution is 0.0922. The average molecular weight is 271 g/mol. The molecule has 19 heavy (non-hydrogen) atoms. The Morgan fingerprint density at radius 2 is 2.26 bits per heavy atom. The van der Waals surface area contributed by atoms with Crippen molar-refractivity contribution in [1.29, 1.82) is 0 Å². The number of aryl methyl sites for hydroxylation is 1. The summed E-state index contributed by atoms with van der Waals surface area (Å²) >= 11 is 1.83. The van der Waals surface area contributed by atoms with Crippen LogP contribution in [-0.2, 0) is 13.0 Å². The van der Waals surface area contributed by atoms with Gasteiger partial charge in [0, 0.05) is 23.5 Å². The van der Waals surface area contributed by atoms with Gasteiger partial charge in [-0.25, -0.2) is 0 Å². The molecule has 0 radical (unpaired) electrons. The molecular formula is C16H17NOS. The van der Waals surface area contributed by atoms with Crippen molar-refractivity contribution in [3.8, 4) is 0 Å². The fraction of sp³-hybridized carbons (Fsp3) is 0.312. The Morgan fingerprint density at radius 3 is 3.11 bits per heavy atom. The van der Waals surface area contributed by atoms with Crippen LogP contribution >= 0.6 is 11.3 Å². The summed E-state index contributed by atoms with van der Waals surface area (Å²) in [5, 5.41) is 2.15. The maximum Gasteiger partial charge on any atom is 0.176 e. The standard InChI is InChI=1S/C16H17NOS/c1-12-3-2-4-13(9-12)15(18)11-17-7-5-16-14(10-17)6-8-19-16/h2-4,6,8-9H,5,7,10-11H2,1H3. The molecule has 98 valence electrons. The zero-order chi connectivity index (χ0) is 13.2. The van der Waals surface area contributed by atoms with Gasteiger partial charge in [0.15, 0.2) is 5.78 Å². The molecule has 0 saturated heterocycles. The summed E-state index contributed by atoms with van der Waals surface area (Å²) in [5.41, 5.74) is 3.37. The normalized spacial score (nSPS) is 15.2. The van der Waals surface area contributed by atoms with Crippen LogP contribution in [0.5, 0.6) is 0 Å². The Kier molecular flexibility index (Phi) is 3.49. The molecule has 2 nitrogen and oxygen atoms in total. The first kappa shape index (κ1) is 12.6. The zero-order valence-electron chi connectivity index (χ0n) is 11.1. The van der Waals surface area contributed by atoms with Crippen molar-refractivity contribution in [3.63, 3.8) is 0 Å². The van der Waals surface area contributed by atoms with Gasteiger partial charge in [0.1, 0.15) is 0 Å². The molecule has 0 N–H and O–H groups in total. The van der Waals surface area contributed by atoms with Crippen LogP contribution in [0.25, 0.3) is 0 Å². The van der Waals surface area contributed by atoms with Gasteiger partial charge in [0.05, 0.1) is 6.54 Å². The first-order valence-electron chi connectivity index (χ1n) is 6.60. The second-order valence-corrected chi connectivity index (χ2v) is 6.12. The molecule has 0 bridgehead atoms. The van der Waals surface area contributed by atoms with Crippen molar-refractivity contribution in [2.24, 2.45) is 0 Å². The number of hydrogen-bond donors (Lipinski definition) is 0. The number of fused-ring (bicyclic) bond motifs is 1. The van der Waals surface area contributed by atoms with Crippen molar-refractivity contribution in [3.05, 3.63) is 57.3 Å².